The Kier molecular flexibility index (Phi) is 4.16. The summed E-state index contributed by atoms with van der Waals surface area (Å²) in [5.41, 5.74) is 2.05. The third kappa shape index (κ3) is 3.00. The van der Waals surface area contributed by atoms with Crippen LogP contribution in [-0.2, 0) is 4.79 Å². The minimum atomic E-state index is -0.133. The summed E-state index contributed by atoms with van der Waals surface area (Å²) in [4.78, 5) is 18.7. The Bertz CT molecular complexity index is 657. The molecule has 0 saturated heterocycles. The molecule has 0 spiro atoms. The molecule has 2 aromatic rings. The smallest absolute Gasteiger partial charge is 0.226 e. The quantitative estimate of drug-likeness (QED) is 0.856. The fourth-order valence-corrected chi connectivity index (χ4v) is 3.00. The van der Waals surface area contributed by atoms with Crippen molar-refractivity contribution in [2.24, 2.45) is 11.8 Å². The lowest BCUT2D eigenvalue weighted by Crippen LogP contribution is -2.33. The van der Waals surface area contributed by atoms with Gasteiger partial charge in [0.15, 0.2) is 0 Å². The van der Waals surface area contributed by atoms with Crippen LogP contribution in [0.3, 0.4) is 0 Å². The van der Waals surface area contributed by atoms with Gasteiger partial charge in [0.2, 0.25) is 5.91 Å². The van der Waals surface area contributed by atoms with Crippen molar-refractivity contribution >= 4 is 17.5 Å². The predicted molar refractivity (Wildman–Crippen MR) is 87.6 cm³/mol. The van der Waals surface area contributed by atoms with Crippen LogP contribution in [0.15, 0.2) is 48.8 Å². The number of hydrogen-bond donors (Lipinski definition) is 0. The van der Waals surface area contributed by atoms with Crippen molar-refractivity contribution < 1.29 is 4.79 Å². The lowest BCUT2D eigenvalue weighted by molar-refractivity contribution is -0.133. The van der Waals surface area contributed by atoms with Gasteiger partial charge in [-0.25, -0.2) is 0 Å². The molecule has 1 aromatic heterocycles. The molecule has 1 amide bonds. The maximum atomic E-state index is 12.7. The highest BCUT2D eigenvalue weighted by molar-refractivity contribution is 6.30. The average molecular weight is 315 g/mol. The van der Waals surface area contributed by atoms with Crippen LogP contribution < -0.4 is 0 Å². The lowest BCUT2D eigenvalue weighted by atomic mass is 9.98. The second kappa shape index (κ2) is 6.09. The van der Waals surface area contributed by atoms with Gasteiger partial charge in [-0.2, -0.15) is 0 Å². The van der Waals surface area contributed by atoms with Crippen molar-refractivity contribution in [3.63, 3.8) is 0 Å². The standard InChI is InChI=1S/C18H19ClN2O/c1-12-10-16(12)18(22)21(2)17(14-4-3-9-20-11-14)13-5-7-15(19)8-6-13/h3-9,11-12,16-17H,10H2,1-2H3. The Labute approximate surface area is 135 Å². The zero-order chi connectivity index (χ0) is 15.7. The fraction of sp³-hybridized carbons (Fsp3) is 0.333. The van der Waals surface area contributed by atoms with Crippen molar-refractivity contribution in [1.82, 2.24) is 9.88 Å². The van der Waals surface area contributed by atoms with Crippen LogP contribution in [0.1, 0.15) is 30.5 Å². The Hall–Kier alpha value is -1.87. The molecule has 4 heteroatoms. The Morgan fingerprint density at radius 3 is 2.50 bits per heavy atom. The van der Waals surface area contributed by atoms with E-state index in [-0.39, 0.29) is 17.9 Å². The first-order valence-corrected chi connectivity index (χ1v) is 7.88. The molecule has 114 valence electrons. The van der Waals surface area contributed by atoms with Crippen molar-refractivity contribution in [3.05, 3.63) is 64.9 Å². The number of nitrogens with zero attached hydrogens (tertiary/aromatic N) is 2. The summed E-state index contributed by atoms with van der Waals surface area (Å²) in [7, 11) is 1.87. The summed E-state index contributed by atoms with van der Waals surface area (Å²) in [6.07, 6.45) is 4.55. The topological polar surface area (TPSA) is 33.2 Å². The van der Waals surface area contributed by atoms with Gasteiger partial charge >= 0.3 is 0 Å². The number of rotatable bonds is 4. The summed E-state index contributed by atoms with van der Waals surface area (Å²) < 4.78 is 0. The maximum Gasteiger partial charge on any atom is 0.226 e. The van der Waals surface area contributed by atoms with Gasteiger partial charge in [0.05, 0.1) is 6.04 Å². The van der Waals surface area contributed by atoms with E-state index in [1.807, 2.05) is 54.5 Å². The van der Waals surface area contributed by atoms with Gasteiger partial charge in [0.1, 0.15) is 0 Å². The van der Waals surface area contributed by atoms with E-state index in [4.69, 9.17) is 11.6 Å². The number of carbonyl (C=O) groups is 1. The fourth-order valence-electron chi connectivity index (χ4n) is 2.88. The summed E-state index contributed by atoms with van der Waals surface area (Å²) in [5.74, 6) is 0.863. The zero-order valence-electron chi connectivity index (χ0n) is 12.7. The van der Waals surface area contributed by atoms with E-state index in [2.05, 4.69) is 11.9 Å². The number of benzene rings is 1. The van der Waals surface area contributed by atoms with E-state index in [1.54, 1.807) is 6.20 Å². The molecule has 3 rings (SSSR count). The van der Waals surface area contributed by atoms with Crippen LogP contribution in [0.25, 0.3) is 0 Å². The molecule has 0 aliphatic heterocycles. The Balaban J connectivity index is 1.95. The molecule has 0 radical (unpaired) electrons. The molecular weight excluding hydrogens is 296 g/mol. The molecular formula is C18H19ClN2O. The molecule has 3 unspecified atom stereocenters. The maximum absolute atomic E-state index is 12.7. The molecule has 1 saturated carbocycles. The number of aromatic nitrogens is 1. The molecule has 3 nitrogen and oxygen atoms in total. The van der Waals surface area contributed by atoms with Crippen LogP contribution in [0, 0.1) is 11.8 Å². The van der Waals surface area contributed by atoms with E-state index in [0.717, 1.165) is 17.5 Å². The number of halogens is 1. The number of pyridine rings is 1. The third-order valence-electron chi connectivity index (χ3n) is 4.35. The number of hydrogen-bond acceptors (Lipinski definition) is 2. The van der Waals surface area contributed by atoms with Gasteiger partial charge in [-0.3, -0.25) is 9.78 Å². The van der Waals surface area contributed by atoms with Crippen LogP contribution in [-0.4, -0.2) is 22.8 Å². The first-order chi connectivity index (χ1) is 10.6. The molecule has 3 atom stereocenters. The minimum Gasteiger partial charge on any atom is -0.334 e. The molecule has 1 aliphatic rings. The predicted octanol–water partition coefficient (Wildman–Crippen LogP) is 3.94. The van der Waals surface area contributed by atoms with Gasteiger partial charge in [0, 0.05) is 30.4 Å². The van der Waals surface area contributed by atoms with Crippen LogP contribution in [0.4, 0.5) is 0 Å². The lowest BCUT2D eigenvalue weighted by Gasteiger charge is -2.29. The second-order valence-corrected chi connectivity index (χ2v) is 6.45. The molecule has 1 aliphatic carbocycles. The average Bonchev–Trinajstić information content (AvgIpc) is 3.26. The molecule has 1 fully saturated rings. The van der Waals surface area contributed by atoms with Crippen molar-refractivity contribution in [2.75, 3.05) is 7.05 Å². The normalized spacial score (nSPS) is 21.2. The largest absolute Gasteiger partial charge is 0.334 e. The molecule has 22 heavy (non-hydrogen) atoms. The number of amides is 1. The molecule has 0 N–H and O–H groups in total. The zero-order valence-corrected chi connectivity index (χ0v) is 13.5. The number of carbonyl (C=O) groups excluding carboxylic acids is 1. The second-order valence-electron chi connectivity index (χ2n) is 6.01. The van der Waals surface area contributed by atoms with E-state index >= 15 is 0 Å². The molecule has 1 aromatic carbocycles. The van der Waals surface area contributed by atoms with Gasteiger partial charge in [-0.1, -0.05) is 36.7 Å². The summed E-state index contributed by atoms with van der Waals surface area (Å²) in [6.45, 7) is 2.12. The summed E-state index contributed by atoms with van der Waals surface area (Å²) >= 11 is 5.99. The minimum absolute atomic E-state index is 0.133. The highest BCUT2D eigenvalue weighted by Crippen LogP contribution is 2.41. The van der Waals surface area contributed by atoms with Gasteiger partial charge in [-0.15, -0.1) is 0 Å². The molecule has 0 bridgehead atoms. The van der Waals surface area contributed by atoms with Gasteiger partial charge in [0.25, 0.3) is 0 Å². The highest BCUT2D eigenvalue weighted by Gasteiger charge is 2.42. The van der Waals surface area contributed by atoms with Crippen LogP contribution in [0.2, 0.25) is 5.02 Å². The third-order valence-corrected chi connectivity index (χ3v) is 4.60. The van der Waals surface area contributed by atoms with Crippen molar-refractivity contribution in [1.29, 1.82) is 0 Å². The first kappa shape index (κ1) is 15.0. The molecule has 1 heterocycles. The van der Waals surface area contributed by atoms with E-state index < -0.39 is 0 Å². The van der Waals surface area contributed by atoms with E-state index in [0.29, 0.717) is 10.9 Å². The van der Waals surface area contributed by atoms with Gasteiger partial charge < -0.3 is 4.90 Å². The van der Waals surface area contributed by atoms with Crippen LogP contribution in [0.5, 0.6) is 0 Å². The van der Waals surface area contributed by atoms with E-state index in [9.17, 15) is 4.79 Å². The summed E-state index contributed by atoms with van der Waals surface area (Å²) in [6, 6.07) is 11.4. The SMILES string of the molecule is CC1CC1C(=O)N(C)C(c1ccc(Cl)cc1)c1cccnc1. The summed E-state index contributed by atoms with van der Waals surface area (Å²) in [5, 5.41) is 0.693. The van der Waals surface area contributed by atoms with Crippen LogP contribution >= 0.6 is 11.6 Å². The highest BCUT2D eigenvalue weighted by atomic mass is 35.5. The van der Waals surface area contributed by atoms with Crippen molar-refractivity contribution in [3.8, 4) is 0 Å². The Morgan fingerprint density at radius 2 is 1.95 bits per heavy atom. The monoisotopic (exact) mass is 314 g/mol. The van der Waals surface area contributed by atoms with Crippen molar-refractivity contribution in [2.45, 2.75) is 19.4 Å². The first-order valence-electron chi connectivity index (χ1n) is 7.50. The van der Waals surface area contributed by atoms with Gasteiger partial charge in [-0.05, 0) is 41.7 Å². The van der Waals surface area contributed by atoms with E-state index in [1.165, 1.54) is 0 Å². The Morgan fingerprint density at radius 1 is 1.27 bits per heavy atom.